The van der Waals surface area contributed by atoms with E-state index in [9.17, 15) is 14.9 Å². The lowest BCUT2D eigenvalue weighted by Crippen LogP contribution is -2.54. The SMILES string of the molecule is CCN(Cc1ccc(Cl)nc1)C1=C([N+](=O)[O-])CN(NC(=O)c2ccccc2Br)CN1C. The van der Waals surface area contributed by atoms with Gasteiger partial charge in [-0.05, 0) is 46.6 Å². The number of rotatable bonds is 7. The number of hydrogen-bond donors (Lipinski definition) is 1. The highest BCUT2D eigenvalue weighted by Gasteiger charge is 2.34. The largest absolute Gasteiger partial charge is 0.349 e. The Bertz CT molecular complexity index is 1000. The van der Waals surface area contributed by atoms with Gasteiger partial charge in [0.25, 0.3) is 5.91 Å². The molecule has 1 amide bonds. The van der Waals surface area contributed by atoms with Gasteiger partial charge in [0.15, 0.2) is 5.82 Å². The molecule has 0 bridgehead atoms. The first kappa shape index (κ1) is 23.0. The first-order chi connectivity index (χ1) is 14.8. The number of nitrogens with zero attached hydrogens (tertiary/aromatic N) is 5. The first-order valence-electron chi connectivity index (χ1n) is 9.54. The Morgan fingerprint density at radius 1 is 1.35 bits per heavy atom. The maximum atomic E-state index is 12.6. The molecule has 0 atom stereocenters. The minimum atomic E-state index is -0.397. The molecule has 1 N–H and O–H groups in total. The molecule has 11 heteroatoms. The van der Waals surface area contributed by atoms with E-state index in [2.05, 4.69) is 26.3 Å². The molecule has 1 aromatic heterocycles. The lowest BCUT2D eigenvalue weighted by molar-refractivity contribution is -0.434. The van der Waals surface area contributed by atoms with E-state index in [4.69, 9.17) is 11.6 Å². The molecular weight excluding hydrogens is 488 g/mol. The maximum Gasteiger partial charge on any atom is 0.302 e. The number of carbonyl (C=O) groups is 1. The molecule has 0 unspecified atom stereocenters. The predicted octanol–water partition coefficient (Wildman–Crippen LogP) is 3.32. The Kier molecular flexibility index (Phi) is 7.47. The third kappa shape index (κ3) is 5.52. The van der Waals surface area contributed by atoms with E-state index in [-0.39, 0.29) is 24.8 Å². The van der Waals surface area contributed by atoms with Crippen LogP contribution in [0.15, 0.2) is 58.6 Å². The van der Waals surface area contributed by atoms with Crippen LogP contribution in [0.3, 0.4) is 0 Å². The standard InChI is InChI=1S/C20H22BrClN6O3/c1-3-26(11-14-8-9-18(22)23-10-14)20-17(28(30)31)12-27(13-25(20)2)24-19(29)15-6-4-5-7-16(15)21/h4-10H,3,11-13H2,1-2H3,(H,24,29). The Morgan fingerprint density at radius 3 is 2.71 bits per heavy atom. The maximum absolute atomic E-state index is 12.6. The summed E-state index contributed by atoms with van der Waals surface area (Å²) in [5.41, 5.74) is 4.11. The number of amides is 1. The van der Waals surface area contributed by atoms with Crippen LogP contribution in [-0.2, 0) is 6.54 Å². The topological polar surface area (TPSA) is 94.8 Å². The van der Waals surface area contributed by atoms with Crippen molar-refractivity contribution in [1.82, 2.24) is 25.2 Å². The van der Waals surface area contributed by atoms with E-state index in [1.165, 1.54) is 5.01 Å². The van der Waals surface area contributed by atoms with Gasteiger partial charge in [0.05, 0.1) is 17.2 Å². The van der Waals surface area contributed by atoms with Gasteiger partial charge >= 0.3 is 5.70 Å². The van der Waals surface area contributed by atoms with Crippen LogP contribution in [0, 0.1) is 10.1 Å². The summed E-state index contributed by atoms with van der Waals surface area (Å²) < 4.78 is 0.650. The van der Waals surface area contributed by atoms with Crippen molar-refractivity contribution in [3.63, 3.8) is 0 Å². The number of nitro groups is 1. The lowest BCUT2D eigenvalue weighted by atomic mass is 10.2. The van der Waals surface area contributed by atoms with Gasteiger partial charge in [-0.15, -0.1) is 0 Å². The van der Waals surface area contributed by atoms with Crippen molar-refractivity contribution in [3.05, 3.63) is 85.0 Å². The van der Waals surface area contributed by atoms with Crippen LogP contribution >= 0.6 is 27.5 Å². The number of carbonyl (C=O) groups excluding carboxylic acids is 1. The molecule has 1 aromatic carbocycles. The molecule has 0 spiro atoms. The second kappa shape index (κ2) is 10.1. The van der Waals surface area contributed by atoms with Crippen LogP contribution in [0.25, 0.3) is 0 Å². The zero-order chi connectivity index (χ0) is 22.5. The highest BCUT2D eigenvalue weighted by Crippen LogP contribution is 2.23. The summed E-state index contributed by atoms with van der Waals surface area (Å²) >= 11 is 9.21. The van der Waals surface area contributed by atoms with Crippen molar-refractivity contribution in [2.24, 2.45) is 0 Å². The van der Waals surface area contributed by atoms with Crippen molar-refractivity contribution in [1.29, 1.82) is 0 Å². The Balaban J connectivity index is 1.82. The van der Waals surface area contributed by atoms with E-state index < -0.39 is 4.92 Å². The summed E-state index contributed by atoms with van der Waals surface area (Å²) in [6, 6.07) is 10.6. The van der Waals surface area contributed by atoms with Gasteiger partial charge in [-0.2, -0.15) is 5.01 Å². The van der Waals surface area contributed by atoms with Gasteiger partial charge in [0, 0.05) is 30.8 Å². The molecule has 0 fully saturated rings. The average molecular weight is 510 g/mol. The summed E-state index contributed by atoms with van der Waals surface area (Å²) in [7, 11) is 1.76. The Morgan fingerprint density at radius 2 is 2.10 bits per heavy atom. The minimum absolute atomic E-state index is 0.00458. The quantitative estimate of drug-likeness (QED) is 0.348. The molecule has 2 aromatic rings. The number of pyridine rings is 1. The normalized spacial score (nSPS) is 14.5. The van der Waals surface area contributed by atoms with E-state index in [0.717, 1.165) is 5.56 Å². The molecule has 3 rings (SSSR count). The minimum Gasteiger partial charge on any atom is -0.349 e. The molecule has 0 aliphatic carbocycles. The van der Waals surface area contributed by atoms with Crippen molar-refractivity contribution >= 4 is 33.4 Å². The van der Waals surface area contributed by atoms with Gasteiger partial charge in [-0.25, -0.2) is 4.98 Å². The predicted molar refractivity (Wildman–Crippen MR) is 120 cm³/mol. The van der Waals surface area contributed by atoms with Crippen LogP contribution in [0.2, 0.25) is 5.15 Å². The van der Waals surface area contributed by atoms with E-state index in [0.29, 0.717) is 34.1 Å². The number of hydrazine groups is 1. The van der Waals surface area contributed by atoms with Gasteiger partial charge in [-0.1, -0.05) is 29.8 Å². The fourth-order valence-corrected chi connectivity index (χ4v) is 3.97. The van der Waals surface area contributed by atoms with E-state index in [1.54, 1.807) is 42.4 Å². The first-order valence-corrected chi connectivity index (χ1v) is 10.7. The third-order valence-electron chi connectivity index (χ3n) is 4.79. The monoisotopic (exact) mass is 508 g/mol. The molecule has 0 saturated carbocycles. The van der Waals surface area contributed by atoms with Crippen molar-refractivity contribution in [3.8, 4) is 0 Å². The molecule has 1 aliphatic heterocycles. The third-order valence-corrected chi connectivity index (χ3v) is 5.70. The summed E-state index contributed by atoms with van der Waals surface area (Å²) in [6.07, 6.45) is 1.66. The average Bonchev–Trinajstić information content (AvgIpc) is 2.73. The van der Waals surface area contributed by atoms with Crippen LogP contribution in [0.1, 0.15) is 22.8 Å². The van der Waals surface area contributed by atoms with Crippen molar-refractivity contribution in [2.75, 3.05) is 26.8 Å². The Labute approximate surface area is 193 Å². The van der Waals surface area contributed by atoms with Crippen LogP contribution in [-0.4, -0.2) is 57.4 Å². The van der Waals surface area contributed by atoms with Crippen LogP contribution < -0.4 is 5.43 Å². The second-order valence-electron chi connectivity index (χ2n) is 6.99. The van der Waals surface area contributed by atoms with Crippen LogP contribution in [0.4, 0.5) is 0 Å². The summed E-state index contributed by atoms with van der Waals surface area (Å²) in [4.78, 5) is 31.9. The van der Waals surface area contributed by atoms with Gasteiger partial charge in [-0.3, -0.25) is 20.3 Å². The molecule has 31 heavy (non-hydrogen) atoms. The number of hydrogen-bond acceptors (Lipinski definition) is 7. The van der Waals surface area contributed by atoms with E-state index >= 15 is 0 Å². The number of nitrogens with one attached hydrogen (secondary N) is 1. The van der Waals surface area contributed by atoms with Gasteiger partial charge in [0.1, 0.15) is 11.7 Å². The summed E-state index contributed by atoms with van der Waals surface area (Å²) in [6.45, 7) is 3.20. The van der Waals surface area contributed by atoms with Crippen LogP contribution in [0.5, 0.6) is 0 Å². The van der Waals surface area contributed by atoms with E-state index in [1.807, 2.05) is 24.0 Å². The number of halogens is 2. The molecule has 2 heterocycles. The smallest absolute Gasteiger partial charge is 0.302 e. The zero-order valence-corrected chi connectivity index (χ0v) is 19.4. The molecule has 1 aliphatic rings. The fraction of sp³-hybridized carbons (Fsp3) is 0.300. The molecule has 0 saturated heterocycles. The zero-order valence-electron chi connectivity index (χ0n) is 17.1. The highest BCUT2D eigenvalue weighted by molar-refractivity contribution is 9.10. The summed E-state index contributed by atoms with van der Waals surface area (Å²) in [5, 5.41) is 13.8. The molecular formula is C20H22BrClN6O3. The fourth-order valence-electron chi connectivity index (χ4n) is 3.39. The van der Waals surface area contributed by atoms with Crippen molar-refractivity contribution < 1.29 is 9.72 Å². The molecule has 0 radical (unpaired) electrons. The molecule has 164 valence electrons. The second-order valence-corrected chi connectivity index (χ2v) is 8.23. The Hall–Kier alpha value is -2.69. The number of aromatic nitrogens is 1. The molecule has 9 nitrogen and oxygen atoms in total. The summed E-state index contributed by atoms with van der Waals surface area (Å²) in [5.74, 6) is 0.167. The van der Waals surface area contributed by atoms with Crippen molar-refractivity contribution in [2.45, 2.75) is 13.5 Å². The number of benzene rings is 1. The van der Waals surface area contributed by atoms with Gasteiger partial charge < -0.3 is 9.80 Å². The lowest BCUT2D eigenvalue weighted by Gasteiger charge is -2.39. The van der Waals surface area contributed by atoms with Gasteiger partial charge in [0.2, 0.25) is 0 Å². The highest BCUT2D eigenvalue weighted by atomic mass is 79.9.